The summed E-state index contributed by atoms with van der Waals surface area (Å²) < 4.78 is 0. The topological polar surface area (TPSA) is 29.1 Å². The highest BCUT2D eigenvalue weighted by Gasteiger charge is 2.24. The Hall–Kier alpha value is -0.540. The molecular weight excluding hydrogens is 230 g/mol. The maximum Gasteiger partial charge on any atom is 0.252 e. The van der Waals surface area contributed by atoms with Crippen molar-refractivity contribution in [3.05, 3.63) is 21.9 Å². The van der Waals surface area contributed by atoms with Gasteiger partial charge in [0.25, 0.3) is 5.91 Å². The number of halogens is 1. The second-order valence-electron chi connectivity index (χ2n) is 3.97. The fourth-order valence-electron chi connectivity index (χ4n) is 1.15. The highest BCUT2D eigenvalue weighted by Crippen LogP contribution is 2.17. The standard InChI is InChI=1S/C11H16ClNOS/c1-4-11(3,7-12)13-10(14)9-6-15-5-8(9)2/h5-6H,4,7H2,1-3H3,(H,13,14). The van der Waals surface area contributed by atoms with Crippen molar-refractivity contribution in [3.63, 3.8) is 0 Å². The third-order valence-corrected chi connectivity index (χ3v) is 4.04. The van der Waals surface area contributed by atoms with Crippen LogP contribution in [0.3, 0.4) is 0 Å². The van der Waals surface area contributed by atoms with Crippen molar-refractivity contribution in [1.29, 1.82) is 0 Å². The van der Waals surface area contributed by atoms with Gasteiger partial charge >= 0.3 is 0 Å². The van der Waals surface area contributed by atoms with Gasteiger partial charge in [-0.3, -0.25) is 4.79 Å². The van der Waals surface area contributed by atoms with E-state index in [9.17, 15) is 4.79 Å². The number of rotatable bonds is 4. The Morgan fingerprint density at radius 1 is 1.60 bits per heavy atom. The van der Waals surface area contributed by atoms with Crippen LogP contribution in [0.2, 0.25) is 0 Å². The molecule has 0 fully saturated rings. The lowest BCUT2D eigenvalue weighted by molar-refractivity contribution is 0.0912. The summed E-state index contributed by atoms with van der Waals surface area (Å²) in [6.07, 6.45) is 0.825. The van der Waals surface area contributed by atoms with Crippen LogP contribution < -0.4 is 5.32 Å². The molecule has 0 saturated heterocycles. The smallest absolute Gasteiger partial charge is 0.252 e. The van der Waals surface area contributed by atoms with Crippen LogP contribution in [0.4, 0.5) is 0 Å². The Labute approximate surface area is 99.6 Å². The molecule has 1 rings (SSSR count). The van der Waals surface area contributed by atoms with Crippen LogP contribution in [0.1, 0.15) is 36.2 Å². The Balaban J connectivity index is 2.76. The Bertz CT molecular complexity index is 344. The fourth-order valence-corrected chi connectivity index (χ4v) is 2.23. The minimum absolute atomic E-state index is 0.0289. The van der Waals surface area contributed by atoms with Crippen molar-refractivity contribution in [2.75, 3.05) is 5.88 Å². The second kappa shape index (κ2) is 4.99. The second-order valence-corrected chi connectivity index (χ2v) is 4.98. The average Bonchev–Trinajstić information content (AvgIpc) is 2.64. The van der Waals surface area contributed by atoms with Crippen LogP contribution in [0.5, 0.6) is 0 Å². The number of hydrogen-bond acceptors (Lipinski definition) is 2. The van der Waals surface area contributed by atoms with Crippen molar-refractivity contribution >= 4 is 28.8 Å². The summed E-state index contributed by atoms with van der Waals surface area (Å²) in [5.74, 6) is 0.400. The van der Waals surface area contributed by atoms with E-state index in [2.05, 4.69) is 5.32 Å². The van der Waals surface area contributed by atoms with E-state index < -0.39 is 0 Å². The highest BCUT2D eigenvalue weighted by atomic mass is 35.5. The van der Waals surface area contributed by atoms with Gasteiger partial charge in [0.15, 0.2) is 0 Å². The first-order valence-electron chi connectivity index (χ1n) is 4.93. The van der Waals surface area contributed by atoms with E-state index in [4.69, 9.17) is 11.6 Å². The quantitative estimate of drug-likeness (QED) is 0.811. The summed E-state index contributed by atoms with van der Waals surface area (Å²) in [6.45, 7) is 5.91. The Morgan fingerprint density at radius 2 is 2.27 bits per heavy atom. The van der Waals surface area contributed by atoms with E-state index >= 15 is 0 Å². The number of amides is 1. The van der Waals surface area contributed by atoms with Gasteiger partial charge in [-0.1, -0.05) is 6.92 Å². The van der Waals surface area contributed by atoms with E-state index in [1.807, 2.05) is 31.5 Å². The lowest BCUT2D eigenvalue weighted by Crippen LogP contribution is -2.47. The number of thiophene rings is 1. The third kappa shape index (κ3) is 2.95. The molecule has 1 unspecified atom stereocenters. The third-order valence-electron chi connectivity index (χ3n) is 2.59. The zero-order chi connectivity index (χ0) is 11.5. The Kier molecular flexibility index (Phi) is 4.17. The minimum Gasteiger partial charge on any atom is -0.346 e. The van der Waals surface area contributed by atoms with E-state index in [0.29, 0.717) is 5.88 Å². The van der Waals surface area contributed by atoms with Crippen molar-refractivity contribution in [1.82, 2.24) is 5.32 Å². The highest BCUT2D eigenvalue weighted by molar-refractivity contribution is 7.08. The predicted octanol–water partition coefficient (Wildman–Crippen LogP) is 3.19. The SMILES string of the molecule is CCC(C)(CCl)NC(=O)c1cscc1C. The monoisotopic (exact) mass is 245 g/mol. The summed E-state index contributed by atoms with van der Waals surface area (Å²) in [5, 5.41) is 6.81. The number of aryl methyl sites for hydroxylation is 1. The van der Waals surface area contributed by atoms with E-state index in [-0.39, 0.29) is 11.4 Å². The lowest BCUT2D eigenvalue weighted by atomic mass is 10.0. The minimum atomic E-state index is -0.312. The molecule has 1 N–H and O–H groups in total. The number of hydrogen-bond donors (Lipinski definition) is 1. The largest absolute Gasteiger partial charge is 0.346 e. The van der Waals surface area contributed by atoms with Gasteiger partial charge in [0.05, 0.1) is 11.1 Å². The molecule has 0 saturated carbocycles. The molecule has 15 heavy (non-hydrogen) atoms. The number of carbonyl (C=O) groups excluding carboxylic acids is 1. The van der Waals surface area contributed by atoms with Gasteiger partial charge < -0.3 is 5.32 Å². The van der Waals surface area contributed by atoms with Gasteiger partial charge in [-0.2, -0.15) is 11.3 Å². The summed E-state index contributed by atoms with van der Waals surface area (Å²) in [6, 6.07) is 0. The summed E-state index contributed by atoms with van der Waals surface area (Å²) in [7, 11) is 0. The fraction of sp³-hybridized carbons (Fsp3) is 0.545. The van der Waals surface area contributed by atoms with Gasteiger partial charge in [-0.25, -0.2) is 0 Å². The van der Waals surface area contributed by atoms with Gasteiger partial charge in [0.2, 0.25) is 0 Å². The van der Waals surface area contributed by atoms with Gasteiger partial charge in [0.1, 0.15) is 0 Å². The van der Waals surface area contributed by atoms with Crippen molar-refractivity contribution < 1.29 is 4.79 Å². The number of carbonyl (C=O) groups is 1. The number of nitrogens with one attached hydrogen (secondary N) is 1. The zero-order valence-corrected chi connectivity index (χ0v) is 10.8. The maximum atomic E-state index is 11.9. The molecule has 1 amide bonds. The molecule has 1 atom stereocenters. The Morgan fingerprint density at radius 3 is 2.67 bits per heavy atom. The van der Waals surface area contributed by atoms with Crippen LogP contribution >= 0.6 is 22.9 Å². The molecule has 0 radical (unpaired) electrons. The maximum absolute atomic E-state index is 11.9. The first kappa shape index (κ1) is 12.5. The molecule has 0 aromatic carbocycles. The molecule has 2 nitrogen and oxygen atoms in total. The normalized spacial score (nSPS) is 14.7. The van der Waals surface area contributed by atoms with E-state index in [1.54, 1.807) is 11.3 Å². The lowest BCUT2D eigenvalue weighted by Gasteiger charge is -2.27. The molecule has 0 bridgehead atoms. The van der Waals surface area contributed by atoms with Crippen LogP contribution in [-0.2, 0) is 0 Å². The van der Waals surface area contributed by atoms with Gasteiger partial charge in [-0.15, -0.1) is 11.6 Å². The van der Waals surface area contributed by atoms with Crippen LogP contribution in [0, 0.1) is 6.92 Å². The molecule has 1 aromatic rings. The molecule has 0 spiro atoms. The number of alkyl halides is 1. The molecule has 84 valence electrons. The van der Waals surface area contributed by atoms with Crippen molar-refractivity contribution in [2.45, 2.75) is 32.7 Å². The first-order chi connectivity index (χ1) is 7.02. The molecule has 0 aliphatic carbocycles. The molecule has 1 heterocycles. The van der Waals surface area contributed by atoms with Crippen molar-refractivity contribution in [3.8, 4) is 0 Å². The first-order valence-corrected chi connectivity index (χ1v) is 6.41. The van der Waals surface area contributed by atoms with Crippen LogP contribution in [0.15, 0.2) is 10.8 Å². The summed E-state index contributed by atoms with van der Waals surface area (Å²) >= 11 is 7.38. The van der Waals surface area contributed by atoms with Gasteiger partial charge in [0, 0.05) is 11.3 Å². The molecule has 0 aliphatic heterocycles. The van der Waals surface area contributed by atoms with Gasteiger partial charge in [-0.05, 0) is 31.2 Å². The molecule has 4 heteroatoms. The summed E-state index contributed by atoms with van der Waals surface area (Å²) in [5.41, 5.74) is 1.46. The predicted molar refractivity (Wildman–Crippen MR) is 65.9 cm³/mol. The summed E-state index contributed by atoms with van der Waals surface area (Å²) in [4.78, 5) is 11.9. The molecule has 1 aromatic heterocycles. The van der Waals surface area contributed by atoms with E-state index in [1.165, 1.54) is 0 Å². The average molecular weight is 246 g/mol. The van der Waals surface area contributed by atoms with Crippen LogP contribution in [0.25, 0.3) is 0 Å². The molecular formula is C11H16ClNOS. The van der Waals surface area contributed by atoms with Crippen molar-refractivity contribution in [2.24, 2.45) is 0 Å². The van der Waals surface area contributed by atoms with E-state index in [0.717, 1.165) is 17.5 Å². The molecule has 0 aliphatic rings. The van der Waals surface area contributed by atoms with Crippen LogP contribution in [-0.4, -0.2) is 17.3 Å². The zero-order valence-electron chi connectivity index (χ0n) is 9.26.